The van der Waals surface area contributed by atoms with Gasteiger partial charge in [0.1, 0.15) is 11.3 Å². The average Bonchev–Trinajstić information content (AvgIpc) is 3.17. The lowest BCUT2D eigenvalue weighted by Crippen LogP contribution is -2.44. The van der Waals surface area contributed by atoms with Crippen molar-refractivity contribution in [2.75, 3.05) is 13.1 Å². The van der Waals surface area contributed by atoms with Crippen molar-refractivity contribution in [1.82, 2.24) is 9.88 Å². The number of oxazole rings is 1. The minimum Gasteiger partial charge on any atom is -0.481 e. The van der Waals surface area contributed by atoms with Crippen molar-refractivity contribution in [3.63, 3.8) is 0 Å². The topological polar surface area (TPSA) is 55.6 Å². The van der Waals surface area contributed by atoms with E-state index in [4.69, 9.17) is 9.15 Å². The van der Waals surface area contributed by atoms with Crippen LogP contribution in [0.5, 0.6) is 5.75 Å². The van der Waals surface area contributed by atoms with Gasteiger partial charge in [-0.25, -0.2) is 4.98 Å². The molecule has 2 aromatic carbocycles. The molecule has 0 aliphatic carbocycles. The molecule has 1 aliphatic heterocycles. The Hall–Kier alpha value is -2.82. The number of fused-ring (bicyclic) bond motifs is 1. The molecule has 5 heteroatoms. The van der Waals surface area contributed by atoms with Gasteiger partial charge in [0.15, 0.2) is 17.6 Å². The van der Waals surface area contributed by atoms with Crippen LogP contribution in [0, 0.1) is 6.92 Å². The van der Waals surface area contributed by atoms with Crippen LogP contribution in [0.1, 0.15) is 62.5 Å². The van der Waals surface area contributed by atoms with Crippen molar-refractivity contribution in [1.29, 1.82) is 0 Å². The van der Waals surface area contributed by atoms with Gasteiger partial charge >= 0.3 is 0 Å². The van der Waals surface area contributed by atoms with Crippen LogP contribution in [-0.2, 0) is 4.79 Å². The summed E-state index contributed by atoms with van der Waals surface area (Å²) in [6, 6.07) is 13.9. The first-order chi connectivity index (χ1) is 14.4. The number of hydrogen-bond donors (Lipinski definition) is 0. The molecule has 1 aromatic heterocycles. The maximum atomic E-state index is 12.9. The van der Waals surface area contributed by atoms with Gasteiger partial charge in [0.25, 0.3) is 5.91 Å². The maximum Gasteiger partial charge on any atom is 0.263 e. The van der Waals surface area contributed by atoms with Crippen LogP contribution >= 0.6 is 0 Å². The quantitative estimate of drug-likeness (QED) is 0.567. The predicted octanol–water partition coefficient (Wildman–Crippen LogP) is 5.43. The number of para-hydroxylation sites is 2. The molecule has 1 atom stereocenters. The molecule has 0 radical (unpaired) electrons. The Morgan fingerprint density at radius 3 is 2.53 bits per heavy atom. The highest BCUT2D eigenvalue weighted by Gasteiger charge is 2.30. The lowest BCUT2D eigenvalue weighted by Gasteiger charge is -2.32. The Kier molecular flexibility index (Phi) is 5.80. The lowest BCUT2D eigenvalue weighted by atomic mass is 9.96. The van der Waals surface area contributed by atoms with Gasteiger partial charge in [-0.05, 0) is 68.0 Å². The molecule has 0 spiro atoms. The smallest absolute Gasteiger partial charge is 0.263 e. The van der Waals surface area contributed by atoms with E-state index in [1.165, 1.54) is 11.1 Å². The largest absolute Gasteiger partial charge is 0.481 e. The molecule has 1 unspecified atom stereocenters. The first-order valence-corrected chi connectivity index (χ1v) is 10.8. The summed E-state index contributed by atoms with van der Waals surface area (Å²) in [6.07, 6.45) is 1.20. The number of hydrogen-bond acceptors (Lipinski definition) is 4. The number of aromatic nitrogens is 1. The average molecular weight is 407 g/mol. The highest BCUT2D eigenvalue weighted by molar-refractivity contribution is 5.81. The molecule has 0 saturated carbocycles. The van der Waals surface area contributed by atoms with Gasteiger partial charge in [-0.3, -0.25) is 4.79 Å². The SMILES string of the molecule is Cc1cc(OC(C)C(=O)N2CCC(c3nc4ccccc4o3)CC2)ccc1C(C)C. The van der Waals surface area contributed by atoms with Gasteiger partial charge in [0.2, 0.25) is 0 Å². The van der Waals surface area contributed by atoms with Crippen molar-refractivity contribution in [2.45, 2.75) is 58.5 Å². The molecule has 1 aliphatic rings. The van der Waals surface area contributed by atoms with Gasteiger partial charge < -0.3 is 14.1 Å². The standard InChI is InChI=1S/C25H30N2O3/c1-16(2)21-10-9-20(15-17(21)3)29-18(4)25(28)27-13-11-19(12-14-27)24-26-22-7-5-6-8-23(22)30-24/h5-10,15-16,18-19H,11-14H2,1-4H3. The van der Waals surface area contributed by atoms with Crippen LogP contribution < -0.4 is 4.74 Å². The third kappa shape index (κ3) is 4.20. The summed E-state index contributed by atoms with van der Waals surface area (Å²) in [5.41, 5.74) is 4.22. The van der Waals surface area contributed by atoms with Crippen molar-refractivity contribution < 1.29 is 13.9 Å². The van der Waals surface area contributed by atoms with E-state index in [-0.39, 0.29) is 11.8 Å². The number of nitrogens with zero attached hydrogens (tertiary/aromatic N) is 2. The van der Waals surface area contributed by atoms with E-state index in [1.807, 2.05) is 48.2 Å². The second-order valence-electron chi connectivity index (χ2n) is 8.55. The number of carbonyl (C=O) groups is 1. The van der Waals surface area contributed by atoms with Gasteiger partial charge in [-0.2, -0.15) is 0 Å². The van der Waals surface area contributed by atoms with Crippen LogP contribution in [0.2, 0.25) is 0 Å². The zero-order valence-corrected chi connectivity index (χ0v) is 18.2. The van der Waals surface area contributed by atoms with Gasteiger partial charge in [0, 0.05) is 19.0 Å². The van der Waals surface area contributed by atoms with Gasteiger partial charge in [-0.1, -0.05) is 32.0 Å². The summed E-state index contributed by atoms with van der Waals surface area (Å²) in [7, 11) is 0. The first-order valence-electron chi connectivity index (χ1n) is 10.8. The summed E-state index contributed by atoms with van der Waals surface area (Å²) in [5.74, 6) is 2.30. The summed E-state index contributed by atoms with van der Waals surface area (Å²) in [4.78, 5) is 19.4. The molecule has 2 heterocycles. The minimum atomic E-state index is -0.504. The van der Waals surface area contributed by atoms with E-state index in [1.54, 1.807) is 0 Å². The van der Waals surface area contributed by atoms with E-state index >= 15 is 0 Å². The fourth-order valence-corrected chi connectivity index (χ4v) is 4.29. The summed E-state index contributed by atoms with van der Waals surface area (Å²) < 4.78 is 11.9. The van der Waals surface area contributed by atoms with Crippen molar-refractivity contribution in [3.8, 4) is 5.75 Å². The molecule has 3 aromatic rings. The zero-order chi connectivity index (χ0) is 21.3. The zero-order valence-electron chi connectivity index (χ0n) is 18.2. The van der Waals surface area contributed by atoms with Crippen LogP contribution in [0.4, 0.5) is 0 Å². The Morgan fingerprint density at radius 1 is 1.13 bits per heavy atom. The van der Waals surface area contributed by atoms with Crippen molar-refractivity contribution >= 4 is 17.0 Å². The minimum absolute atomic E-state index is 0.0385. The Morgan fingerprint density at radius 2 is 1.87 bits per heavy atom. The highest BCUT2D eigenvalue weighted by Crippen LogP contribution is 2.30. The number of ether oxygens (including phenoxy) is 1. The molecule has 30 heavy (non-hydrogen) atoms. The van der Waals surface area contributed by atoms with E-state index in [9.17, 15) is 4.79 Å². The summed E-state index contributed by atoms with van der Waals surface area (Å²) >= 11 is 0. The second kappa shape index (κ2) is 8.50. The normalized spacial score (nSPS) is 16.2. The molecule has 4 rings (SSSR count). The van der Waals surface area contributed by atoms with E-state index < -0.39 is 6.10 Å². The fourth-order valence-electron chi connectivity index (χ4n) is 4.29. The predicted molar refractivity (Wildman–Crippen MR) is 118 cm³/mol. The molecule has 0 N–H and O–H groups in total. The molecular formula is C25H30N2O3. The first kappa shape index (κ1) is 20.5. The molecule has 158 valence electrons. The third-order valence-corrected chi connectivity index (χ3v) is 5.99. The number of carbonyl (C=O) groups excluding carboxylic acids is 1. The molecule has 1 saturated heterocycles. The number of likely N-dealkylation sites (tertiary alicyclic amines) is 1. The monoisotopic (exact) mass is 406 g/mol. The van der Waals surface area contributed by atoms with Crippen LogP contribution in [-0.4, -0.2) is 35.0 Å². The number of aryl methyl sites for hydroxylation is 1. The fraction of sp³-hybridized carbons (Fsp3) is 0.440. The third-order valence-electron chi connectivity index (χ3n) is 5.99. The number of piperidine rings is 1. The van der Waals surface area contributed by atoms with E-state index in [0.717, 1.165) is 35.6 Å². The van der Waals surface area contributed by atoms with Gasteiger partial charge in [0.05, 0.1) is 0 Å². The molecule has 0 bridgehead atoms. The highest BCUT2D eigenvalue weighted by atomic mass is 16.5. The van der Waals surface area contributed by atoms with Crippen molar-refractivity contribution in [2.24, 2.45) is 0 Å². The molecular weight excluding hydrogens is 376 g/mol. The van der Waals surface area contributed by atoms with Crippen LogP contribution in [0.25, 0.3) is 11.1 Å². The number of benzene rings is 2. The molecule has 1 fully saturated rings. The Bertz CT molecular complexity index is 999. The number of rotatable bonds is 5. The lowest BCUT2D eigenvalue weighted by molar-refractivity contribution is -0.139. The molecule has 1 amide bonds. The summed E-state index contributed by atoms with van der Waals surface area (Å²) in [5, 5.41) is 0. The van der Waals surface area contributed by atoms with E-state index in [2.05, 4.69) is 31.8 Å². The van der Waals surface area contributed by atoms with Crippen LogP contribution in [0.15, 0.2) is 46.9 Å². The number of amides is 1. The maximum absolute atomic E-state index is 12.9. The van der Waals surface area contributed by atoms with E-state index in [0.29, 0.717) is 19.0 Å². The summed E-state index contributed by atoms with van der Waals surface area (Å²) in [6.45, 7) is 9.67. The van der Waals surface area contributed by atoms with Gasteiger partial charge in [-0.15, -0.1) is 0 Å². The van der Waals surface area contributed by atoms with Crippen LogP contribution in [0.3, 0.4) is 0 Å². The Labute approximate surface area is 178 Å². The molecule has 5 nitrogen and oxygen atoms in total. The van der Waals surface area contributed by atoms with Crippen molar-refractivity contribution in [3.05, 3.63) is 59.5 Å². The Balaban J connectivity index is 1.35. The second-order valence-corrected chi connectivity index (χ2v) is 8.55.